The smallest absolute Gasteiger partial charge is 0.294 e. The topological polar surface area (TPSA) is 103 Å². The zero-order valence-corrected chi connectivity index (χ0v) is 23.5. The number of nitrogens with zero attached hydrogens (tertiary/aromatic N) is 4. The molecule has 0 aliphatic heterocycles. The van der Waals surface area contributed by atoms with Crippen molar-refractivity contribution in [2.75, 3.05) is 11.1 Å². The molecule has 38 heavy (non-hydrogen) atoms. The maximum atomic E-state index is 12.8. The molecule has 4 aromatic rings. The highest BCUT2D eigenvalue weighted by Crippen LogP contribution is 2.36. The Hall–Kier alpha value is -3.11. The van der Waals surface area contributed by atoms with E-state index in [2.05, 4.69) is 29.4 Å². The molecule has 0 aliphatic rings. The third-order valence-corrected chi connectivity index (χ3v) is 7.47. The van der Waals surface area contributed by atoms with Crippen LogP contribution in [-0.4, -0.2) is 31.3 Å². The summed E-state index contributed by atoms with van der Waals surface area (Å²) in [6.45, 7) is 4.13. The number of carbonyl (C=O) groups is 1. The van der Waals surface area contributed by atoms with Gasteiger partial charge in [-0.2, -0.15) is 0 Å². The van der Waals surface area contributed by atoms with Gasteiger partial charge in [0.25, 0.3) is 5.69 Å². The number of aryl methyl sites for hydroxylation is 2. The fourth-order valence-corrected chi connectivity index (χ4v) is 5.39. The number of thioether (sulfide) groups is 1. The van der Waals surface area contributed by atoms with E-state index >= 15 is 0 Å². The number of carbonyl (C=O) groups excluding carboxylic acids is 1. The molecule has 0 unspecified atom stereocenters. The minimum atomic E-state index is -0.596. The first kappa shape index (κ1) is 27.9. The van der Waals surface area contributed by atoms with Gasteiger partial charge in [-0.3, -0.25) is 19.5 Å². The van der Waals surface area contributed by atoms with Crippen LogP contribution in [0.4, 0.5) is 11.4 Å². The number of benzene rings is 3. The quantitative estimate of drug-likeness (QED) is 0.122. The number of aromatic nitrogens is 3. The second-order valence-corrected chi connectivity index (χ2v) is 10.4. The van der Waals surface area contributed by atoms with E-state index in [4.69, 9.17) is 34.8 Å². The van der Waals surface area contributed by atoms with Crippen molar-refractivity contribution in [2.45, 2.75) is 31.8 Å². The summed E-state index contributed by atoms with van der Waals surface area (Å²) >= 11 is 19.7. The van der Waals surface area contributed by atoms with Crippen LogP contribution in [0.15, 0.2) is 59.8 Å². The van der Waals surface area contributed by atoms with E-state index in [9.17, 15) is 14.9 Å². The fourth-order valence-electron chi connectivity index (χ4n) is 3.99. The highest BCUT2D eigenvalue weighted by atomic mass is 35.5. The Morgan fingerprint density at radius 1 is 1.00 bits per heavy atom. The number of nitro benzene ring substituents is 1. The van der Waals surface area contributed by atoms with Gasteiger partial charge in [-0.1, -0.05) is 78.6 Å². The van der Waals surface area contributed by atoms with Crippen molar-refractivity contribution in [1.29, 1.82) is 0 Å². The molecule has 0 atom stereocenters. The van der Waals surface area contributed by atoms with Gasteiger partial charge in [0.15, 0.2) is 11.0 Å². The minimum absolute atomic E-state index is 0.0599. The summed E-state index contributed by atoms with van der Waals surface area (Å²) in [6, 6.07) is 15.3. The molecule has 8 nitrogen and oxygen atoms in total. The monoisotopic (exact) mass is 589 g/mol. The SMILES string of the molecule is CCc1cccc(CC)c1-n1c(SCC(=O)Nc2ccc(Cl)cc2[N+](=O)[O-])nnc1-c1ccc(Cl)cc1Cl. The molecule has 1 aromatic heterocycles. The van der Waals surface area contributed by atoms with Gasteiger partial charge >= 0.3 is 0 Å². The third-order valence-electron chi connectivity index (χ3n) is 5.76. The summed E-state index contributed by atoms with van der Waals surface area (Å²) in [5.41, 5.74) is 3.51. The van der Waals surface area contributed by atoms with E-state index in [1.807, 2.05) is 22.8 Å². The molecule has 196 valence electrons. The molecule has 3 aromatic carbocycles. The number of para-hydroxylation sites is 1. The van der Waals surface area contributed by atoms with Crippen LogP contribution >= 0.6 is 46.6 Å². The predicted molar refractivity (Wildman–Crippen MR) is 153 cm³/mol. The van der Waals surface area contributed by atoms with E-state index < -0.39 is 10.8 Å². The molecule has 1 amide bonds. The van der Waals surface area contributed by atoms with E-state index in [-0.39, 0.29) is 22.2 Å². The van der Waals surface area contributed by atoms with Crippen LogP contribution in [0.25, 0.3) is 17.1 Å². The van der Waals surface area contributed by atoms with Crippen molar-refractivity contribution in [2.24, 2.45) is 0 Å². The standard InChI is InChI=1S/C26H22Cl3N5O3S/c1-3-15-6-5-7-16(4-2)24(15)33-25(19-10-8-17(27)12-20(19)29)31-32-26(33)38-14-23(35)30-21-11-9-18(28)13-22(21)34(36)37/h5-13H,3-4,14H2,1-2H3,(H,30,35). The number of hydrogen-bond donors (Lipinski definition) is 1. The molecular formula is C26H22Cl3N5O3S. The van der Waals surface area contributed by atoms with Gasteiger partial charge in [-0.15, -0.1) is 10.2 Å². The van der Waals surface area contributed by atoms with Crippen LogP contribution in [0, 0.1) is 10.1 Å². The Bertz CT molecular complexity index is 1500. The second-order valence-electron chi connectivity index (χ2n) is 8.15. The summed E-state index contributed by atoms with van der Waals surface area (Å²) < 4.78 is 1.91. The van der Waals surface area contributed by atoms with E-state index in [0.717, 1.165) is 41.4 Å². The molecule has 0 saturated carbocycles. The summed E-state index contributed by atoms with van der Waals surface area (Å²) in [4.78, 5) is 23.6. The molecule has 0 bridgehead atoms. The van der Waals surface area contributed by atoms with Crippen molar-refractivity contribution in [3.8, 4) is 17.1 Å². The highest BCUT2D eigenvalue weighted by Gasteiger charge is 2.23. The molecule has 0 fully saturated rings. The summed E-state index contributed by atoms with van der Waals surface area (Å²) in [6.07, 6.45) is 1.53. The molecule has 0 saturated heterocycles. The predicted octanol–water partition coefficient (Wildman–Crippen LogP) is 7.66. The van der Waals surface area contributed by atoms with Gasteiger partial charge in [0.1, 0.15) is 5.69 Å². The normalized spacial score (nSPS) is 11.0. The van der Waals surface area contributed by atoms with Gasteiger partial charge in [-0.05, 0) is 54.3 Å². The van der Waals surface area contributed by atoms with Gasteiger partial charge in [0.05, 0.1) is 21.4 Å². The summed E-state index contributed by atoms with van der Waals surface area (Å²) in [5, 5.41) is 24.4. The molecule has 0 spiro atoms. The lowest BCUT2D eigenvalue weighted by Gasteiger charge is -2.18. The van der Waals surface area contributed by atoms with Gasteiger partial charge < -0.3 is 5.32 Å². The number of amides is 1. The first-order valence-corrected chi connectivity index (χ1v) is 13.7. The first-order chi connectivity index (χ1) is 18.2. The Kier molecular flexibility index (Phi) is 8.94. The average molecular weight is 591 g/mol. The van der Waals surface area contributed by atoms with Crippen molar-refractivity contribution >= 4 is 63.8 Å². The fraction of sp³-hybridized carbons (Fsp3) is 0.192. The van der Waals surface area contributed by atoms with Crippen molar-refractivity contribution < 1.29 is 9.72 Å². The van der Waals surface area contributed by atoms with Gasteiger partial charge in [0, 0.05) is 21.7 Å². The van der Waals surface area contributed by atoms with Crippen LogP contribution < -0.4 is 5.32 Å². The van der Waals surface area contributed by atoms with Gasteiger partial charge in [0.2, 0.25) is 5.91 Å². The second kappa shape index (κ2) is 12.2. The van der Waals surface area contributed by atoms with E-state index in [1.165, 1.54) is 18.2 Å². The number of nitrogens with one attached hydrogen (secondary N) is 1. The molecule has 0 aliphatic carbocycles. The Labute approximate surface area is 238 Å². The van der Waals surface area contributed by atoms with Crippen LogP contribution in [0.3, 0.4) is 0 Å². The summed E-state index contributed by atoms with van der Waals surface area (Å²) in [5.74, 6) is 0.00112. The lowest BCUT2D eigenvalue weighted by Crippen LogP contribution is -2.16. The molecule has 0 radical (unpaired) electrons. The molecule has 1 N–H and O–H groups in total. The van der Waals surface area contributed by atoms with Gasteiger partial charge in [-0.25, -0.2) is 0 Å². The number of hydrogen-bond acceptors (Lipinski definition) is 6. The molecule has 12 heteroatoms. The van der Waals surface area contributed by atoms with Crippen LogP contribution in [0.2, 0.25) is 15.1 Å². The van der Waals surface area contributed by atoms with Crippen LogP contribution in [0.1, 0.15) is 25.0 Å². The third kappa shape index (κ3) is 5.96. The van der Waals surface area contributed by atoms with Crippen LogP contribution in [0.5, 0.6) is 0 Å². The lowest BCUT2D eigenvalue weighted by molar-refractivity contribution is -0.383. The van der Waals surface area contributed by atoms with E-state index in [0.29, 0.717) is 26.6 Å². The van der Waals surface area contributed by atoms with Crippen LogP contribution in [-0.2, 0) is 17.6 Å². The molecular weight excluding hydrogens is 569 g/mol. The summed E-state index contributed by atoms with van der Waals surface area (Å²) in [7, 11) is 0. The maximum absolute atomic E-state index is 12.8. The van der Waals surface area contributed by atoms with E-state index in [1.54, 1.807) is 18.2 Å². The highest BCUT2D eigenvalue weighted by molar-refractivity contribution is 7.99. The number of anilines is 1. The van der Waals surface area contributed by atoms with Crippen molar-refractivity contribution in [1.82, 2.24) is 14.8 Å². The average Bonchev–Trinajstić information content (AvgIpc) is 3.30. The Morgan fingerprint density at radius 2 is 1.66 bits per heavy atom. The zero-order valence-electron chi connectivity index (χ0n) is 20.4. The Morgan fingerprint density at radius 3 is 2.29 bits per heavy atom. The lowest BCUT2D eigenvalue weighted by atomic mass is 10.0. The largest absolute Gasteiger partial charge is 0.320 e. The molecule has 4 rings (SSSR count). The first-order valence-electron chi connectivity index (χ1n) is 11.6. The number of nitro groups is 1. The number of halogens is 3. The zero-order chi connectivity index (χ0) is 27.4. The van der Waals surface area contributed by atoms with Crippen molar-refractivity contribution in [3.63, 3.8) is 0 Å². The molecule has 1 heterocycles. The van der Waals surface area contributed by atoms with Crippen molar-refractivity contribution in [3.05, 3.63) is 90.9 Å². The Balaban J connectivity index is 1.73. The minimum Gasteiger partial charge on any atom is -0.320 e. The number of rotatable bonds is 9. The maximum Gasteiger partial charge on any atom is 0.294 e.